The molecule has 0 radical (unpaired) electrons. The van der Waals surface area contributed by atoms with Crippen molar-refractivity contribution in [1.29, 1.82) is 0 Å². The molecule has 0 saturated carbocycles. The standard InChI is InChI=1S/C22H23N3O3/c1-15(26)25-19-6-4-5-17(10-19)18-11-20(14-23-13-18)24-12-16-7-8-21(27-2)22(9-16)28-3/h4-11,13-14,24H,12H2,1-3H3,(H,25,26). The van der Waals surface area contributed by atoms with Crippen LogP contribution in [-0.2, 0) is 11.3 Å². The van der Waals surface area contributed by atoms with Crippen LogP contribution in [0.25, 0.3) is 11.1 Å². The zero-order chi connectivity index (χ0) is 19.9. The highest BCUT2D eigenvalue weighted by Crippen LogP contribution is 2.28. The molecule has 144 valence electrons. The summed E-state index contributed by atoms with van der Waals surface area (Å²) < 4.78 is 10.6. The number of rotatable bonds is 7. The highest BCUT2D eigenvalue weighted by atomic mass is 16.5. The number of hydrogen-bond donors (Lipinski definition) is 2. The summed E-state index contributed by atoms with van der Waals surface area (Å²) in [6.07, 6.45) is 3.58. The van der Waals surface area contributed by atoms with Crippen molar-refractivity contribution in [3.05, 3.63) is 66.5 Å². The van der Waals surface area contributed by atoms with Crippen LogP contribution < -0.4 is 20.1 Å². The molecule has 6 heteroatoms. The number of nitrogens with one attached hydrogen (secondary N) is 2. The topological polar surface area (TPSA) is 72.5 Å². The van der Waals surface area contributed by atoms with Crippen LogP contribution in [0.15, 0.2) is 60.9 Å². The number of methoxy groups -OCH3 is 2. The van der Waals surface area contributed by atoms with E-state index in [1.807, 2.05) is 48.5 Å². The molecule has 28 heavy (non-hydrogen) atoms. The summed E-state index contributed by atoms with van der Waals surface area (Å²) in [4.78, 5) is 15.6. The smallest absolute Gasteiger partial charge is 0.221 e. The maximum absolute atomic E-state index is 11.3. The quantitative estimate of drug-likeness (QED) is 0.641. The first-order valence-electron chi connectivity index (χ1n) is 8.87. The number of benzene rings is 2. The number of anilines is 2. The van der Waals surface area contributed by atoms with E-state index >= 15 is 0 Å². The fourth-order valence-corrected chi connectivity index (χ4v) is 2.87. The van der Waals surface area contributed by atoms with Gasteiger partial charge in [0.2, 0.25) is 5.91 Å². The molecule has 2 aromatic carbocycles. The highest BCUT2D eigenvalue weighted by Gasteiger charge is 2.06. The highest BCUT2D eigenvalue weighted by molar-refractivity contribution is 5.89. The Bertz CT molecular complexity index is 973. The lowest BCUT2D eigenvalue weighted by Gasteiger charge is -2.12. The van der Waals surface area contributed by atoms with Crippen molar-refractivity contribution in [1.82, 2.24) is 4.98 Å². The SMILES string of the molecule is COc1ccc(CNc2cncc(-c3cccc(NC(C)=O)c3)c2)cc1OC. The first-order valence-corrected chi connectivity index (χ1v) is 8.87. The van der Waals surface area contributed by atoms with Crippen molar-refractivity contribution in [2.45, 2.75) is 13.5 Å². The predicted octanol–water partition coefficient (Wildman–Crippen LogP) is 4.34. The molecule has 0 aliphatic rings. The van der Waals surface area contributed by atoms with Crippen LogP contribution in [0.3, 0.4) is 0 Å². The van der Waals surface area contributed by atoms with E-state index in [1.54, 1.807) is 26.6 Å². The number of carbonyl (C=O) groups is 1. The molecule has 6 nitrogen and oxygen atoms in total. The van der Waals surface area contributed by atoms with Gasteiger partial charge in [0.05, 0.1) is 19.9 Å². The summed E-state index contributed by atoms with van der Waals surface area (Å²) in [6, 6.07) is 15.5. The van der Waals surface area contributed by atoms with Crippen molar-refractivity contribution < 1.29 is 14.3 Å². The fraction of sp³-hybridized carbons (Fsp3) is 0.182. The van der Waals surface area contributed by atoms with Gasteiger partial charge in [-0.25, -0.2) is 0 Å². The van der Waals surface area contributed by atoms with Gasteiger partial charge in [-0.05, 0) is 41.5 Å². The van der Waals surface area contributed by atoms with E-state index in [1.165, 1.54) is 6.92 Å². The summed E-state index contributed by atoms with van der Waals surface area (Å²) in [5.74, 6) is 1.30. The Morgan fingerprint density at radius 1 is 0.929 bits per heavy atom. The van der Waals surface area contributed by atoms with Gasteiger partial charge in [0.25, 0.3) is 0 Å². The average molecular weight is 377 g/mol. The fourth-order valence-electron chi connectivity index (χ4n) is 2.87. The second-order valence-electron chi connectivity index (χ2n) is 6.27. The number of pyridine rings is 1. The van der Waals surface area contributed by atoms with Gasteiger partial charge in [0, 0.05) is 37.1 Å². The molecule has 1 heterocycles. The van der Waals surface area contributed by atoms with Gasteiger partial charge in [-0.2, -0.15) is 0 Å². The largest absolute Gasteiger partial charge is 0.493 e. The van der Waals surface area contributed by atoms with E-state index in [9.17, 15) is 4.79 Å². The van der Waals surface area contributed by atoms with E-state index < -0.39 is 0 Å². The maximum Gasteiger partial charge on any atom is 0.221 e. The van der Waals surface area contributed by atoms with Crippen LogP contribution in [-0.4, -0.2) is 25.1 Å². The molecule has 0 aliphatic carbocycles. The molecule has 0 fully saturated rings. The lowest BCUT2D eigenvalue weighted by molar-refractivity contribution is -0.114. The number of amides is 1. The molecular formula is C22H23N3O3. The molecule has 1 amide bonds. The molecule has 0 aliphatic heterocycles. The molecule has 2 N–H and O–H groups in total. The van der Waals surface area contributed by atoms with Crippen LogP contribution in [0.4, 0.5) is 11.4 Å². The third kappa shape index (κ3) is 4.79. The zero-order valence-electron chi connectivity index (χ0n) is 16.2. The van der Waals surface area contributed by atoms with Crippen molar-refractivity contribution in [2.75, 3.05) is 24.9 Å². The summed E-state index contributed by atoms with van der Waals surface area (Å²) in [7, 11) is 3.24. The molecular weight excluding hydrogens is 354 g/mol. The van der Waals surface area contributed by atoms with Gasteiger partial charge < -0.3 is 20.1 Å². The van der Waals surface area contributed by atoms with Crippen LogP contribution in [0.5, 0.6) is 11.5 Å². The Kier molecular flexibility index (Phi) is 6.11. The second-order valence-corrected chi connectivity index (χ2v) is 6.27. The number of ether oxygens (including phenoxy) is 2. The first-order chi connectivity index (χ1) is 13.6. The second kappa shape index (κ2) is 8.90. The average Bonchev–Trinajstić information content (AvgIpc) is 2.72. The first kappa shape index (κ1) is 19.2. The van der Waals surface area contributed by atoms with E-state index in [0.717, 1.165) is 28.1 Å². The van der Waals surface area contributed by atoms with Crippen molar-refractivity contribution in [2.24, 2.45) is 0 Å². The Hall–Kier alpha value is -3.54. The summed E-state index contributed by atoms with van der Waals surface area (Å²) in [6.45, 7) is 2.12. The van der Waals surface area contributed by atoms with Crippen molar-refractivity contribution in [3.63, 3.8) is 0 Å². The van der Waals surface area contributed by atoms with Gasteiger partial charge in [0.1, 0.15) is 0 Å². The molecule has 1 aromatic heterocycles. The minimum absolute atomic E-state index is 0.0967. The normalized spacial score (nSPS) is 10.2. The van der Waals surface area contributed by atoms with E-state index in [4.69, 9.17) is 9.47 Å². The van der Waals surface area contributed by atoms with E-state index in [-0.39, 0.29) is 5.91 Å². The summed E-state index contributed by atoms with van der Waals surface area (Å²) in [5.41, 5.74) is 4.67. The molecule has 0 spiro atoms. The Labute approximate surface area is 164 Å². The van der Waals surface area contributed by atoms with Crippen molar-refractivity contribution >= 4 is 17.3 Å². The minimum atomic E-state index is -0.0967. The third-order valence-corrected chi connectivity index (χ3v) is 4.20. The van der Waals surface area contributed by atoms with Gasteiger partial charge in [-0.15, -0.1) is 0 Å². The van der Waals surface area contributed by atoms with Gasteiger partial charge in [0.15, 0.2) is 11.5 Å². The van der Waals surface area contributed by atoms with E-state index in [0.29, 0.717) is 18.0 Å². The van der Waals surface area contributed by atoms with Gasteiger partial charge in [-0.1, -0.05) is 18.2 Å². The van der Waals surface area contributed by atoms with Crippen LogP contribution in [0.2, 0.25) is 0 Å². The monoisotopic (exact) mass is 377 g/mol. The number of nitrogens with zero attached hydrogens (tertiary/aromatic N) is 1. The summed E-state index contributed by atoms with van der Waals surface area (Å²) in [5, 5.41) is 6.18. The molecule has 0 atom stereocenters. The van der Waals surface area contributed by atoms with Crippen molar-refractivity contribution in [3.8, 4) is 22.6 Å². The minimum Gasteiger partial charge on any atom is -0.493 e. The van der Waals surface area contributed by atoms with E-state index in [2.05, 4.69) is 15.6 Å². The summed E-state index contributed by atoms with van der Waals surface area (Å²) >= 11 is 0. The third-order valence-electron chi connectivity index (χ3n) is 4.20. The Balaban J connectivity index is 1.74. The lowest BCUT2D eigenvalue weighted by Crippen LogP contribution is -2.05. The zero-order valence-corrected chi connectivity index (χ0v) is 16.2. The predicted molar refractivity (Wildman–Crippen MR) is 111 cm³/mol. The van der Waals surface area contributed by atoms with Crippen LogP contribution in [0.1, 0.15) is 12.5 Å². The molecule has 3 rings (SSSR count). The molecule has 0 unspecified atom stereocenters. The maximum atomic E-state index is 11.3. The van der Waals surface area contributed by atoms with Gasteiger partial charge >= 0.3 is 0 Å². The number of aromatic nitrogens is 1. The molecule has 3 aromatic rings. The van der Waals surface area contributed by atoms with Gasteiger partial charge in [-0.3, -0.25) is 9.78 Å². The van der Waals surface area contributed by atoms with Crippen LogP contribution >= 0.6 is 0 Å². The lowest BCUT2D eigenvalue weighted by atomic mass is 10.1. The van der Waals surface area contributed by atoms with Crippen LogP contribution in [0, 0.1) is 0 Å². The number of hydrogen-bond acceptors (Lipinski definition) is 5. The number of carbonyl (C=O) groups excluding carboxylic acids is 1. The molecule has 0 saturated heterocycles. The Morgan fingerprint density at radius 3 is 2.46 bits per heavy atom. The Morgan fingerprint density at radius 2 is 1.71 bits per heavy atom. The molecule has 0 bridgehead atoms.